The standard InChI is InChI=1S/C66H52N2OS/c1-2-3-6-18-45-33-39-57-56(41-45)55-27-17-25-53(44-60(55)66(57)58-28-9-5-10-30-62(58)69-63-31-13-12-29-59(63)66)51-23-15-22-50(42-51)52-24-16-26-54(43-52)61(40-38-48-21-11-14-32-64(48)70)68-65(67)49-36-34-47(35-37-49)46-19-7-4-8-20-46/h2-4,6-24,26-37,39-44,70H,5,25,38H2,1H3,(H2,67,68)/b3-2-,18-6-,61-40-. The Morgan fingerprint density at radius 1 is 0.643 bits per heavy atom. The van der Waals surface area contributed by atoms with Crippen LogP contribution in [0.2, 0.25) is 0 Å². The van der Waals surface area contributed by atoms with Crippen LogP contribution in [0.3, 0.4) is 0 Å². The zero-order chi connectivity index (χ0) is 47.4. The summed E-state index contributed by atoms with van der Waals surface area (Å²) < 4.78 is 6.77. The lowest BCUT2D eigenvalue weighted by molar-refractivity contribution is 0.402. The van der Waals surface area contributed by atoms with E-state index in [1.54, 1.807) is 0 Å². The fourth-order valence-corrected chi connectivity index (χ4v) is 10.6. The molecule has 1 heterocycles. The van der Waals surface area contributed by atoms with Crippen molar-refractivity contribution < 1.29 is 4.74 Å². The number of fused-ring (bicyclic) bond motifs is 7. The summed E-state index contributed by atoms with van der Waals surface area (Å²) in [4.78, 5) is 6.09. The van der Waals surface area contributed by atoms with E-state index in [-0.39, 0.29) is 0 Å². The largest absolute Gasteiger partial charge is 0.457 e. The maximum Gasteiger partial charge on any atom is 0.132 e. The summed E-state index contributed by atoms with van der Waals surface area (Å²) in [5.74, 6) is 2.24. The van der Waals surface area contributed by atoms with Crippen molar-refractivity contribution in [2.24, 2.45) is 10.7 Å². The second kappa shape index (κ2) is 19.4. The molecule has 1 atom stereocenters. The van der Waals surface area contributed by atoms with Crippen molar-refractivity contribution in [3.05, 3.63) is 298 Å². The molecule has 0 saturated carbocycles. The highest BCUT2D eigenvalue weighted by Crippen LogP contribution is 2.61. The van der Waals surface area contributed by atoms with E-state index in [0.717, 1.165) is 85.0 Å². The molecule has 7 aromatic carbocycles. The van der Waals surface area contributed by atoms with Crippen molar-refractivity contribution >= 4 is 41.4 Å². The molecule has 7 aromatic rings. The Hall–Kier alpha value is -8.18. The number of rotatable bonds is 10. The van der Waals surface area contributed by atoms with E-state index in [1.807, 2.05) is 43.3 Å². The molecule has 338 valence electrons. The fourth-order valence-electron chi connectivity index (χ4n) is 10.3. The molecule has 0 aromatic heterocycles. The number of ether oxygens (including phenoxy) is 1. The lowest BCUT2D eigenvalue weighted by atomic mass is 9.64. The highest BCUT2D eigenvalue weighted by atomic mass is 32.1. The van der Waals surface area contributed by atoms with Gasteiger partial charge in [-0.15, -0.1) is 12.6 Å². The van der Waals surface area contributed by atoms with Gasteiger partial charge in [0.2, 0.25) is 0 Å². The Morgan fingerprint density at radius 3 is 2.24 bits per heavy atom. The third kappa shape index (κ3) is 8.42. The number of nitrogens with zero attached hydrogens (tertiary/aromatic N) is 1. The summed E-state index contributed by atoms with van der Waals surface area (Å²) in [5.41, 5.74) is 25.5. The molecule has 2 N–H and O–H groups in total. The van der Waals surface area contributed by atoms with Crippen LogP contribution in [0.5, 0.6) is 5.75 Å². The number of benzene rings is 7. The number of allylic oxidation sites excluding steroid dienone is 15. The van der Waals surface area contributed by atoms with Gasteiger partial charge in [-0.3, -0.25) is 0 Å². The van der Waals surface area contributed by atoms with E-state index in [4.69, 9.17) is 28.1 Å². The minimum atomic E-state index is -0.597. The summed E-state index contributed by atoms with van der Waals surface area (Å²) >= 11 is 4.78. The number of nitrogens with two attached hydrogens (primary N) is 1. The first-order valence-electron chi connectivity index (χ1n) is 24.1. The van der Waals surface area contributed by atoms with Gasteiger partial charge >= 0.3 is 0 Å². The quantitative estimate of drug-likeness (QED) is 0.0621. The predicted octanol–water partition coefficient (Wildman–Crippen LogP) is 16.1. The smallest absolute Gasteiger partial charge is 0.132 e. The van der Waals surface area contributed by atoms with Crippen LogP contribution in [0.4, 0.5) is 0 Å². The molecular formula is C66H52N2OS. The van der Waals surface area contributed by atoms with Gasteiger partial charge in [-0.05, 0) is 129 Å². The summed E-state index contributed by atoms with van der Waals surface area (Å²) in [6.45, 7) is 2.05. The van der Waals surface area contributed by atoms with Crippen molar-refractivity contribution in [1.82, 2.24) is 0 Å². The molecule has 1 aliphatic heterocycles. The molecule has 3 nitrogen and oxygen atoms in total. The summed E-state index contributed by atoms with van der Waals surface area (Å²) in [6.07, 6.45) is 29.0. The van der Waals surface area contributed by atoms with Crippen molar-refractivity contribution in [2.45, 2.75) is 36.5 Å². The summed E-state index contributed by atoms with van der Waals surface area (Å²) in [6, 6.07) is 60.1. The number of para-hydroxylation sites is 1. The molecule has 11 rings (SSSR count). The van der Waals surface area contributed by atoms with Crippen molar-refractivity contribution in [1.29, 1.82) is 0 Å². The van der Waals surface area contributed by atoms with E-state index in [9.17, 15) is 0 Å². The van der Waals surface area contributed by atoms with E-state index in [0.29, 0.717) is 12.3 Å². The Balaban J connectivity index is 1.00. The Bertz CT molecular complexity index is 3500. The Labute approximate surface area is 417 Å². The van der Waals surface area contributed by atoms with Gasteiger partial charge in [0.1, 0.15) is 17.3 Å². The molecule has 70 heavy (non-hydrogen) atoms. The summed E-state index contributed by atoms with van der Waals surface area (Å²) in [5, 5.41) is 0. The van der Waals surface area contributed by atoms with Crippen LogP contribution in [0.25, 0.3) is 45.2 Å². The number of hydrogen-bond acceptors (Lipinski definition) is 3. The number of thiol groups is 1. The molecule has 4 aliphatic rings. The SMILES string of the molecule is C/C=C\C=C/c1ccc2c(c1)C1=C(C=C(c3cccc(-c4cccc(/C(=C/Cc5ccccc5S)N=C(N)c5ccc(-c6ccccc6)cc5)c4)c3)CC=C1)C21C2=C(C=CCC=C2)Oc2ccccc21. The first kappa shape index (κ1) is 44.3. The van der Waals surface area contributed by atoms with E-state index >= 15 is 0 Å². The monoisotopic (exact) mass is 920 g/mol. The molecule has 0 bridgehead atoms. The van der Waals surface area contributed by atoms with E-state index < -0.39 is 5.41 Å². The molecule has 0 radical (unpaired) electrons. The third-order valence-electron chi connectivity index (χ3n) is 13.7. The van der Waals surface area contributed by atoms with Gasteiger partial charge in [0.25, 0.3) is 0 Å². The van der Waals surface area contributed by atoms with Crippen LogP contribution >= 0.6 is 12.6 Å². The number of aliphatic imine (C=N–C) groups is 1. The van der Waals surface area contributed by atoms with E-state index in [1.165, 1.54) is 39.0 Å². The van der Waals surface area contributed by atoms with Crippen LogP contribution in [0.1, 0.15) is 64.3 Å². The van der Waals surface area contributed by atoms with Crippen LogP contribution in [0, 0.1) is 0 Å². The molecule has 0 fully saturated rings. The topological polar surface area (TPSA) is 47.6 Å². The minimum absolute atomic E-state index is 0.456. The molecule has 1 unspecified atom stereocenters. The zero-order valence-electron chi connectivity index (χ0n) is 39.1. The van der Waals surface area contributed by atoms with Crippen molar-refractivity contribution in [3.63, 3.8) is 0 Å². The molecule has 0 amide bonds. The van der Waals surface area contributed by atoms with Gasteiger partial charge in [-0.2, -0.15) is 0 Å². The average molecular weight is 921 g/mol. The Kier molecular flexibility index (Phi) is 12.3. The third-order valence-corrected chi connectivity index (χ3v) is 14.2. The van der Waals surface area contributed by atoms with Crippen LogP contribution < -0.4 is 10.5 Å². The van der Waals surface area contributed by atoms with Crippen molar-refractivity contribution in [3.8, 4) is 28.0 Å². The molecule has 0 saturated heterocycles. The van der Waals surface area contributed by atoms with Crippen molar-refractivity contribution in [2.75, 3.05) is 0 Å². The van der Waals surface area contributed by atoms with Gasteiger partial charge in [-0.1, -0.05) is 206 Å². The number of hydrogen-bond donors (Lipinski definition) is 2. The maximum atomic E-state index is 6.86. The normalized spacial score (nSPS) is 17.3. The van der Waals surface area contributed by atoms with Crippen LogP contribution in [0.15, 0.2) is 263 Å². The number of amidine groups is 1. The molecular weight excluding hydrogens is 869 g/mol. The highest BCUT2D eigenvalue weighted by Gasteiger charge is 2.52. The predicted molar refractivity (Wildman–Crippen MR) is 297 cm³/mol. The molecule has 4 heteroatoms. The highest BCUT2D eigenvalue weighted by molar-refractivity contribution is 7.80. The van der Waals surface area contributed by atoms with Gasteiger partial charge < -0.3 is 10.5 Å². The fraction of sp³-hybridized carbons (Fsp3) is 0.0758. The summed E-state index contributed by atoms with van der Waals surface area (Å²) in [7, 11) is 0. The lowest BCUT2D eigenvalue weighted by Crippen LogP contribution is -2.34. The minimum Gasteiger partial charge on any atom is -0.457 e. The Morgan fingerprint density at radius 2 is 1.39 bits per heavy atom. The van der Waals surface area contributed by atoms with Gasteiger partial charge in [0, 0.05) is 27.2 Å². The average Bonchev–Trinajstić information content (AvgIpc) is 3.64. The second-order valence-electron chi connectivity index (χ2n) is 18.0. The molecule has 1 spiro atoms. The maximum absolute atomic E-state index is 6.86. The van der Waals surface area contributed by atoms with Gasteiger partial charge in [0.05, 0.1) is 11.1 Å². The first-order valence-corrected chi connectivity index (χ1v) is 24.5. The van der Waals surface area contributed by atoms with Gasteiger partial charge in [0.15, 0.2) is 0 Å². The van der Waals surface area contributed by atoms with Crippen LogP contribution in [-0.4, -0.2) is 5.84 Å². The van der Waals surface area contributed by atoms with E-state index in [2.05, 4.69) is 206 Å². The first-order chi connectivity index (χ1) is 34.5. The van der Waals surface area contributed by atoms with Gasteiger partial charge in [-0.25, -0.2) is 4.99 Å². The van der Waals surface area contributed by atoms with Crippen LogP contribution in [-0.2, 0) is 11.8 Å². The zero-order valence-corrected chi connectivity index (χ0v) is 40.0. The molecule has 3 aliphatic carbocycles. The second-order valence-corrected chi connectivity index (χ2v) is 18.5. The lowest BCUT2D eigenvalue weighted by Gasteiger charge is -2.40.